The van der Waals surface area contributed by atoms with E-state index in [0.717, 1.165) is 4.90 Å². The maximum absolute atomic E-state index is 13.0. The van der Waals surface area contributed by atoms with Crippen molar-refractivity contribution < 1.29 is 14.3 Å². The summed E-state index contributed by atoms with van der Waals surface area (Å²) in [6, 6.07) is 4.21. The van der Waals surface area contributed by atoms with E-state index in [4.69, 9.17) is 0 Å². The lowest BCUT2D eigenvalue weighted by Crippen LogP contribution is -2.28. The van der Waals surface area contributed by atoms with Crippen LogP contribution in [0.1, 0.15) is 0 Å². The van der Waals surface area contributed by atoms with Crippen LogP contribution in [0.4, 0.5) is 10.1 Å². The molecule has 0 saturated carbocycles. The zero-order chi connectivity index (χ0) is 13.9. The number of halogens is 1. The Bertz CT molecular complexity index is 565. The third-order valence-corrected chi connectivity index (χ3v) is 3.89. The van der Waals surface area contributed by atoms with E-state index in [0.29, 0.717) is 11.4 Å². The predicted octanol–water partition coefficient (Wildman–Crippen LogP) is 2.68. The van der Waals surface area contributed by atoms with Crippen LogP contribution in [-0.4, -0.2) is 29.0 Å². The Balaban J connectivity index is 2.11. The van der Waals surface area contributed by atoms with Crippen molar-refractivity contribution in [3.05, 3.63) is 48.3 Å². The highest BCUT2D eigenvalue weighted by Gasteiger charge is 2.23. The lowest BCUT2D eigenvalue weighted by molar-refractivity contribution is -0.110. The SMILES string of the molecule is C=Nc1cc(F)ccc1SCC1(O)C=CC(=O)C=C1. The Morgan fingerprint density at radius 2 is 2.05 bits per heavy atom. The number of ketones is 1. The zero-order valence-electron chi connectivity index (χ0n) is 10.0. The van der Waals surface area contributed by atoms with Crippen LogP contribution in [0.2, 0.25) is 0 Å². The summed E-state index contributed by atoms with van der Waals surface area (Å²) in [5.41, 5.74) is -0.737. The summed E-state index contributed by atoms with van der Waals surface area (Å²) in [6.45, 7) is 3.39. The van der Waals surface area contributed by atoms with Crippen molar-refractivity contribution in [1.29, 1.82) is 0 Å². The first kappa shape index (κ1) is 13.7. The highest BCUT2D eigenvalue weighted by atomic mass is 32.2. The fourth-order valence-corrected chi connectivity index (χ4v) is 2.60. The number of carbonyl (C=O) groups is 1. The number of thioether (sulfide) groups is 1. The van der Waals surface area contributed by atoms with Crippen LogP contribution in [0.25, 0.3) is 0 Å². The Morgan fingerprint density at radius 1 is 1.37 bits per heavy atom. The van der Waals surface area contributed by atoms with E-state index in [1.54, 1.807) is 6.07 Å². The Hall–Kier alpha value is -1.72. The van der Waals surface area contributed by atoms with Crippen LogP contribution >= 0.6 is 11.8 Å². The van der Waals surface area contributed by atoms with Crippen LogP contribution in [0.15, 0.2) is 52.4 Å². The topological polar surface area (TPSA) is 49.7 Å². The molecule has 5 heteroatoms. The second-order valence-corrected chi connectivity index (χ2v) is 5.14. The van der Waals surface area contributed by atoms with E-state index in [1.165, 1.54) is 48.2 Å². The second-order valence-electron chi connectivity index (χ2n) is 4.12. The molecule has 98 valence electrons. The number of carbonyl (C=O) groups excluding carboxylic acids is 1. The third-order valence-electron chi connectivity index (χ3n) is 2.62. The normalized spacial score (nSPS) is 16.6. The first-order chi connectivity index (χ1) is 9.02. The maximum Gasteiger partial charge on any atom is 0.178 e. The van der Waals surface area contributed by atoms with Gasteiger partial charge in [-0.25, -0.2) is 4.39 Å². The second kappa shape index (κ2) is 5.50. The van der Waals surface area contributed by atoms with Crippen LogP contribution in [0.3, 0.4) is 0 Å². The molecule has 0 saturated heterocycles. The monoisotopic (exact) mass is 277 g/mol. The Labute approximate surface area is 114 Å². The number of nitrogens with zero attached hydrogens (tertiary/aromatic N) is 1. The van der Waals surface area contributed by atoms with Crippen molar-refractivity contribution in [3.8, 4) is 0 Å². The highest BCUT2D eigenvalue weighted by molar-refractivity contribution is 7.99. The van der Waals surface area contributed by atoms with Gasteiger partial charge in [0.15, 0.2) is 5.78 Å². The van der Waals surface area contributed by atoms with Gasteiger partial charge >= 0.3 is 0 Å². The number of aliphatic hydroxyl groups is 1. The smallest absolute Gasteiger partial charge is 0.178 e. The lowest BCUT2D eigenvalue weighted by atomic mass is 10.0. The van der Waals surface area contributed by atoms with Gasteiger partial charge in [0.1, 0.15) is 11.4 Å². The van der Waals surface area contributed by atoms with Gasteiger partial charge in [0, 0.05) is 16.7 Å². The van der Waals surface area contributed by atoms with E-state index in [-0.39, 0.29) is 11.6 Å². The molecule has 0 amide bonds. The fraction of sp³-hybridized carbons (Fsp3) is 0.143. The van der Waals surface area contributed by atoms with Gasteiger partial charge in [-0.05, 0) is 43.2 Å². The van der Waals surface area contributed by atoms with Gasteiger partial charge in [0.05, 0.1) is 5.69 Å². The minimum Gasteiger partial charge on any atom is -0.381 e. The molecule has 0 unspecified atom stereocenters. The number of aliphatic imine (C=N–C) groups is 1. The fourth-order valence-electron chi connectivity index (χ4n) is 1.59. The van der Waals surface area contributed by atoms with Crippen molar-refractivity contribution in [1.82, 2.24) is 0 Å². The minimum absolute atomic E-state index is 0.148. The zero-order valence-corrected chi connectivity index (χ0v) is 10.9. The third kappa shape index (κ3) is 3.39. The molecule has 1 aromatic carbocycles. The van der Waals surface area contributed by atoms with Gasteiger partial charge in [0.2, 0.25) is 0 Å². The maximum atomic E-state index is 13.0. The van der Waals surface area contributed by atoms with Gasteiger partial charge in [-0.3, -0.25) is 9.79 Å². The molecule has 0 fully saturated rings. The molecule has 0 radical (unpaired) electrons. The first-order valence-electron chi connectivity index (χ1n) is 5.56. The number of rotatable bonds is 4. The molecule has 1 aliphatic rings. The molecule has 0 aliphatic heterocycles. The molecule has 0 spiro atoms. The van der Waals surface area contributed by atoms with Gasteiger partial charge < -0.3 is 5.11 Å². The van der Waals surface area contributed by atoms with Crippen LogP contribution in [0.5, 0.6) is 0 Å². The van der Waals surface area contributed by atoms with E-state index in [9.17, 15) is 14.3 Å². The van der Waals surface area contributed by atoms with Gasteiger partial charge in [-0.1, -0.05) is 0 Å². The predicted molar refractivity (Wildman–Crippen MR) is 74.6 cm³/mol. The van der Waals surface area contributed by atoms with Gasteiger partial charge in [-0.2, -0.15) is 0 Å². The molecule has 0 heterocycles. The van der Waals surface area contributed by atoms with Crippen molar-refractivity contribution in [3.63, 3.8) is 0 Å². The highest BCUT2D eigenvalue weighted by Crippen LogP contribution is 2.33. The van der Waals surface area contributed by atoms with Crippen molar-refractivity contribution in [2.75, 3.05) is 5.75 Å². The van der Waals surface area contributed by atoms with E-state index >= 15 is 0 Å². The molecule has 1 aliphatic carbocycles. The number of hydrogen-bond acceptors (Lipinski definition) is 4. The quantitative estimate of drug-likeness (QED) is 0.680. The van der Waals surface area contributed by atoms with Crippen molar-refractivity contribution >= 4 is 30.0 Å². The molecule has 0 bridgehead atoms. The van der Waals surface area contributed by atoms with E-state index < -0.39 is 5.60 Å². The summed E-state index contributed by atoms with van der Waals surface area (Å²) < 4.78 is 13.0. The molecular formula is C14H12FNO2S. The summed E-state index contributed by atoms with van der Waals surface area (Å²) in [7, 11) is 0. The van der Waals surface area contributed by atoms with Crippen molar-refractivity contribution in [2.45, 2.75) is 10.5 Å². The van der Waals surface area contributed by atoms with Gasteiger partial charge in [-0.15, -0.1) is 11.8 Å². The lowest BCUT2D eigenvalue weighted by Gasteiger charge is -2.22. The average Bonchev–Trinajstić information content (AvgIpc) is 2.41. The molecule has 3 nitrogen and oxygen atoms in total. The number of hydrogen-bond donors (Lipinski definition) is 1. The Morgan fingerprint density at radius 3 is 2.68 bits per heavy atom. The van der Waals surface area contributed by atoms with Crippen LogP contribution in [0, 0.1) is 5.82 Å². The Kier molecular flexibility index (Phi) is 3.97. The summed E-state index contributed by atoms with van der Waals surface area (Å²) in [5.74, 6) is -0.222. The summed E-state index contributed by atoms with van der Waals surface area (Å²) >= 11 is 1.32. The van der Waals surface area contributed by atoms with Gasteiger partial charge in [0.25, 0.3) is 0 Å². The largest absolute Gasteiger partial charge is 0.381 e. The van der Waals surface area contributed by atoms with Crippen molar-refractivity contribution in [2.24, 2.45) is 4.99 Å². The molecular weight excluding hydrogens is 265 g/mol. The molecule has 0 atom stereocenters. The average molecular weight is 277 g/mol. The standard InChI is InChI=1S/C14H12FNO2S/c1-16-12-8-10(15)2-3-13(12)19-9-14(18)6-4-11(17)5-7-14/h2-8,18H,1,9H2. The molecule has 19 heavy (non-hydrogen) atoms. The molecule has 1 aromatic rings. The van der Waals surface area contributed by atoms with E-state index in [2.05, 4.69) is 11.7 Å². The van der Waals surface area contributed by atoms with E-state index in [1.807, 2.05) is 0 Å². The van der Waals surface area contributed by atoms with Crippen LogP contribution < -0.4 is 0 Å². The summed E-state index contributed by atoms with van der Waals surface area (Å²) in [5, 5.41) is 10.2. The number of benzene rings is 1. The first-order valence-corrected chi connectivity index (χ1v) is 6.55. The molecule has 0 aromatic heterocycles. The molecule has 1 N–H and O–H groups in total. The minimum atomic E-state index is -1.18. The van der Waals surface area contributed by atoms with Crippen LogP contribution in [-0.2, 0) is 4.79 Å². The molecule has 2 rings (SSSR count). The summed E-state index contributed by atoms with van der Waals surface area (Å²) in [6.07, 6.45) is 5.56. The number of allylic oxidation sites excluding steroid dienone is 2. The summed E-state index contributed by atoms with van der Waals surface area (Å²) in [4.78, 5) is 15.5.